The van der Waals surface area contributed by atoms with Gasteiger partial charge in [0.15, 0.2) is 0 Å². The third-order valence-electron chi connectivity index (χ3n) is 2.35. The van der Waals surface area contributed by atoms with Crippen LogP contribution in [0.5, 0.6) is 0 Å². The van der Waals surface area contributed by atoms with Gasteiger partial charge < -0.3 is 9.80 Å². The highest BCUT2D eigenvalue weighted by molar-refractivity contribution is 7.78. The second-order valence-corrected chi connectivity index (χ2v) is 4.13. The zero-order valence-electron chi connectivity index (χ0n) is 9.97. The number of isothiocyanates is 1. The maximum atomic E-state index is 4.56. The summed E-state index contributed by atoms with van der Waals surface area (Å²) in [4.78, 5) is 8.30. The van der Waals surface area contributed by atoms with Gasteiger partial charge in [-0.3, -0.25) is 0 Å². The van der Waals surface area contributed by atoms with Crippen molar-refractivity contribution in [3.05, 3.63) is 24.3 Å². The van der Waals surface area contributed by atoms with E-state index >= 15 is 0 Å². The first kappa shape index (κ1) is 12.8. The predicted molar refractivity (Wildman–Crippen MR) is 73.0 cm³/mol. The van der Waals surface area contributed by atoms with E-state index in [1.165, 1.54) is 5.69 Å². The Labute approximate surface area is 102 Å². The fourth-order valence-corrected chi connectivity index (χ4v) is 1.42. The number of hydrogen-bond donors (Lipinski definition) is 0. The molecule has 16 heavy (non-hydrogen) atoms. The summed E-state index contributed by atoms with van der Waals surface area (Å²) in [7, 11) is 6.23. The van der Waals surface area contributed by atoms with E-state index in [9.17, 15) is 0 Å². The predicted octanol–water partition coefficient (Wildman–Crippen LogP) is 2.42. The van der Waals surface area contributed by atoms with E-state index in [0.717, 1.165) is 18.8 Å². The van der Waals surface area contributed by atoms with E-state index in [-0.39, 0.29) is 0 Å². The molecule has 0 saturated heterocycles. The van der Waals surface area contributed by atoms with Gasteiger partial charge in [0.25, 0.3) is 0 Å². The van der Waals surface area contributed by atoms with Gasteiger partial charge in [-0.1, -0.05) is 0 Å². The molecule has 0 aliphatic carbocycles. The number of hydrogen-bond acceptors (Lipinski definition) is 4. The second-order valence-electron chi connectivity index (χ2n) is 3.94. The van der Waals surface area contributed by atoms with Crippen molar-refractivity contribution in [1.29, 1.82) is 0 Å². The maximum Gasteiger partial charge on any atom is 0.0741 e. The van der Waals surface area contributed by atoms with Crippen LogP contribution in [0.1, 0.15) is 0 Å². The lowest BCUT2D eigenvalue weighted by Crippen LogP contribution is -2.28. The SMILES string of the molecule is CN(C)CCN(C)c1ccc(N=C=S)cc1. The van der Waals surface area contributed by atoms with Crippen molar-refractivity contribution >= 4 is 28.8 Å². The van der Waals surface area contributed by atoms with Gasteiger partial charge in [-0.05, 0) is 50.6 Å². The average Bonchev–Trinajstić information content (AvgIpc) is 2.27. The van der Waals surface area contributed by atoms with E-state index in [4.69, 9.17) is 0 Å². The summed E-state index contributed by atoms with van der Waals surface area (Å²) in [5.41, 5.74) is 2.03. The highest BCUT2D eigenvalue weighted by atomic mass is 32.1. The van der Waals surface area contributed by atoms with E-state index in [0.29, 0.717) is 0 Å². The Hall–Kier alpha value is -1.22. The zero-order chi connectivity index (χ0) is 12.0. The molecular weight excluding hydrogens is 218 g/mol. The number of nitrogens with zero attached hydrogens (tertiary/aromatic N) is 3. The van der Waals surface area contributed by atoms with Gasteiger partial charge in [-0.25, -0.2) is 0 Å². The summed E-state index contributed by atoms with van der Waals surface area (Å²) >= 11 is 4.56. The molecule has 1 aromatic carbocycles. The molecule has 0 amide bonds. The number of rotatable bonds is 5. The molecule has 0 aliphatic heterocycles. The first-order valence-electron chi connectivity index (χ1n) is 5.17. The number of anilines is 1. The van der Waals surface area contributed by atoms with Crippen LogP contribution in [0.3, 0.4) is 0 Å². The van der Waals surface area contributed by atoms with Gasteiger partial charge in [-0.15, -0.1) is 0 Å². The number of likely N-dealkylation sites (N-methyl/N-ethyl adjacent to an activating group) is 2. The van der Waals surface area contributed by atoms with Crippen LogP contribution in [0.4, 0.5) is 11.4 Å². The molecule has 0 atom stereocenters. The molecule has 0 aliphatic rings. The normalized spacial score (nSPS) is 10.0. The number of benzene rings is 1. The van der Waals surface area contributed by atoms with Gasteiger partial charge in [0.2, 0.25) is 0 Å². The van der Waals surface area contributed by atoms with Crippen molar-refractivity contribution in [2.24, 2.45) is 4.99 Å². The lowest BCUT2D eigenvalue weighted by molar-refractivity contribution is 0.416. The molecule has 0 aromatic heterocycles. The number of thiocarbonyl (C=S) groups is 1. The highest BCUT2D eigenvalue weighted by Gasteiger charge is 2.00. The summed E-state index contributed by atoms with van der Waals surface area (Å²) in [6.07, 6.45) is 0. The van der Waals surface area contributed by atoms with E-state index in [1.807, 2.05) is 24.3 Å². The van der Waals surface area contributed by atoms with Gasteiger partial charge >= 0.3 is 0 Å². The fraction of sp³-hybridized carbons (Fsp3) is 0.417. The van der Waals surface area contributed by atoms with Crippen LogP contribution in [0.15, 0.2) is 29.3 Å². The van der Waals surface area contributed by atoms with Crippen LogP contribution in [0.2, 0.25) is 0 Å². The van der Waals surface area contributed by atoms with E-state index in [1.54, 1.807) is 0 Å². The van der Waals surface area contributed by atoms with E-state index < -0.39 is 0 Å². The summed E-state index contributed by atoms with van der Waals surface area (Å²) < 4.78 is 0. The van der Waals surface area contributed by atoms with Crippen molar-refractivity contribution in [3.63, 3.8) is 0 Å². The molecule has 0 heterocycles. The molecule has 0 saturated carbocycles. The van der Waals surface area contributed by atoms with Gasteiger partial charge in [0, 0.05) is 25.8 Å². The van der Waals surface area contributed by atoms with Crippen LogP contribution in [-0.4, -0.2) is 44.3 Å². The number of aliphatic imine (C=N–C) groups is 1. The minimum atomic E-state index is 0.847. The Bertz CT molecular complexity index is 366. The molecule has 0 spiro atoms. The topological polar surface area (TPSA) is 18.8 Å². The average molecular weight is 235 g/mol. The maximum absolute atomic E-state index is 4.56. The zero-order valence-corrected chi connectivity index (χ0v) is 10.8. The highest BCUT2D eigenvalue weighted by Crippen LogP contribution is 2.18. The lowest BCUT2D eigenvalue weighted by Gasteiger charge is -2.21. The molecule has 0 bridgehead atoms. The van der Waals surface area contributed by atoms with Crippen molar-refractivity contribution in [2.45, 2.75) is 0 Å². The summed E-state index contributed by atoms with van der Waals surface area (Å²) in [5.74, 6) is 0. The Kier molecular flexibility index (Phi) is 5.12. The molecule has 0 radical (unpaired) electrons. The van der Waals surface area contributed by atoms with Crippen LogP contribution < -0.4 is 4.90 Å². The Morgan fingerprint density at radius 3 is 2.25 bits per heavy atom. The molecule has 1 rings (SSSR count). The van der Waals surface area contributed by atoms with Crippen molar-refractivity contribution < 1.29 is 0 Å². The van der Waals surface area contributed by atoms with Crippen LogP contribution in [0.25, 0.3) is 0 Å². The Balaban J connectivity index is 2.62. The molecule has 86 valence electrons. The minimum Gasteiger partial charge on any atom is -0.373 e. The third-order valence-corrected chi connectivity index (χ3v) is 2.44. The van der Waals surface area contributed by atoms with Gasteiger partial charge in [0.1, 0.15) is 0 Å². The Morgan fingerprint density at radius 1 is 1.12 bits per heavy atom. The van der Waals surface area contributed by atoms with Crippen molar-refractivity contribution in [2.75, 3.05) is 39.1 Å². The van der Waals surface area contributed by atoms with Crippen molar-refractivity contribution in [3.8, 4) is 0 Å². The molecular formula is C12H17N3S. The monoisotopic (exact) mass is 235 g/mol. The molecule has 0 fully saturated rings. The molecule has 4 heteroatoms. The lowest BCUT2D eigenvalue weighted by atomic mass is 10.2. The van der Waals surface area contributed by atoms with Gasteiger partial charge in [0.05, 0.1) is 10.8 Å². The molecule has 3 nitrogen and oxygen atoms in total. The van der Waals surface area contributed by atoms with Crippen LogP contribution >= 0.6 is 12.2 Å². The quantitative estimate of drug-likeness (QED) is 0.577. The summed E-state index contributed by atoms with van der Waals surface area (Å²) in [5, 5.41) is 2.36. The minimum absolute atomic E-state index is 0.847. The summed E-state index contributed by atoms with van der Waals surface area (Å²) in [6.45, 7) is 2.04. The first-order chi connectivity index (χ1) is 7.63. The second kappa shape index (κ2) is 6.38. The fourth-order valence-electron chi connectivity index (χ4n) is 1.31. The smallest absolute Gasteiger partial charge is 0.0741 e. The van der Waals surface area contributed by atoms with E-state index in [2.05, 4.69) is 53.3 Å². The third kappa shape index (κ3) is 4.11. The van der Waals surface area contributed by atoms with Crippen molar-refractivity contribution in [1.82, 2.24) is 4.90 Å². The Morgan fingerprint density at radius 2 is 1.75 bits per heavy atom. The molecule has 0 unspecified atom stereocenters. The van der Waals surface area contributed by atoms with Gasteiger partial charge in [-0.2, -0.15) is 4.99 Å². The molecule has 0 N–H and O–H groups in total. The standard InChI is InChI=1S/C12H17N3S/c1-14(2)8-9-15(3)12-6-4-11(5-7-12)13-10-16/h4-7H,8-9H2,1-3H3. The first-order valence-corrected chi connectivity index (χ1v) is 5.58. The van der Waals surface area contributed by atoms with Crippen LogP contribution in [0, 0.1) is 0 Å². The molecule has 1 aromatic rings. The van der Waals surface area contributed by atoms with Crippen LogP contribution in [-0.2, 0) is 0 Å². The summed E-state index contributed by atoms with van der Waals surface area (Å²) in [6, 6.07) is 7.98. The largest absolute Gasteiger partial charge is 0.373 e.